The van der Waals surface area contributed by atoms with E-state index in [-0.39, 0.29) is 0 Å². The normalized spacial score (nSPS) is 12.5. The molecule has 0 radical (unpaired) electrons. The molecule has 12 rings (SSSR count). The summed E-state index contributed by atoms with van der Waals surface area (Å²) in [6.07, 6.45) is 0. The van der Waals surface area contributed by atoms with Gasteiger partial charge >= 0.3 is 0 Å². The van der Waals surface area contributed by atoms with Crippen molar-refractivity contribution in [3.63, 3.8) is 0 Å². The molecule has 0 amide bonds. The molecule has 4 aromatic heterocycles. The molecule has 1 aliphatic rings. The Bertz CT molecular complexity index is 3180. The van der Waals surface area contributed by atoms with Gasteiger partial charge in [0.1, 0.15) is 5.65 Å². The molecule has 0 N–H and O–H groups in total. The summed E-state index contributed by atoms with van der Waals surface area (Å²) in [6.45, 7) is 0. The van der Waals surface area contributed by atoms with E-state index >= 15 is 0 Å². The van der Waals surface area contributed by atoms with Crippen LogP contribution in [0.15, 0.2) is 158 Å². The van der Waals surface area contributed by atoms with Crippen molar-refractivity contribution in [2.24, 2.45) is 0 Å². The predicted molar refractivity (Wildman–Crippen MR) is 203 cm³/mol. The van der Waals surface area contributed by atoms with Gasteiger partial charge in [-0.3, -0.25) is 8.97 Å². The van der Waals surface area contributed by atoms with E-state index in [4.69, 9.17) is 4.98 Å². The Labute approximate surface area is 280 Å². The lowest BCUT2D eigenvalue weighted by Crippen LogP contribution is -2.01. The first kappa shape index (κ1) is 25.4. The van der Waals surface area contributed by atoms with Crippen LogP contribution in [0.1, 0.15) is 0 Å². The minimum Gasteiger partial charge on any atom is -0.305 e. The average molecular weight is 623 g/mol. The van der Waals surface area contributed by atoms with Crippen LogP contribution in [0.3, 0.4) is 0 Å². The Morgan fingerprint density at radius 1 is 0.388 bits per heavy atom. The molecular formula is C45H26N4. The standard InChI is InChI=1S/C45H26N4/c1-2-13-27(14-3-1)47-36-22-9-7-18-34(36)42-41-33-17-6-10-23-37(33)48(43(41)44-46-35-21-8-11-24-39(35)49(44)45(42)47)38-26-25-31-29-16-5-4-15-28(29)30-19-12-20-32(38)40(30)31/h1-26H. The van der Waals surface area contributed by atoms with Gasteiger partial charge in [0.2, 0.25) is 0 Å². The molecule has 0 saturated carbocycles. The monoisotopic (exact) mass is 622 g/mol. The molecule has 11 aromatic rings. The van der Waals surface area contributed by atoms with Crippen molar-refractivity contribution < 1.29 is 0 Å². The quantitative estimate of drug-likeness (QED) is 0.188. The van der Waals surface area contributed by atoms with Crippen molar-refractivity contribution >= 4 is 71.2 Å². The van der Waals surface area contributed by atoms with Crippen molar-refractivity contribution in [1.29, 1.82) is 0 Å². The summed E-state index contributed by atoms with van der Waals surface area (Å²) in [6, 6.07) is 57.3. The number of hydrogen-bond acceptors (Lipinski definition) is 1. The van der Waals surface area contributed by atoms with Crippen molar-refractivity contribution in [3.05, 3.63) is 158 Å². The zero-order valence-corrected chi connectivity index (χ0v) is 26.3. The highest BCUT2D eigenvalue weighted by Crippen LogP contribution is 2.50. The maximum Gasteiger partial charge on any atom is 0.164 e. The molecular weight excluding hydrogens is 597 g/mol. The molecule has 1 aliphatic carbocycles. The van der Waals surface area contributed by atoms with Crippen LogP contribution in [0, 0.1) is 0 Å². The molecule has 226 valence electrons. The largest absolute Gasteiger partial charge is 0.305 e. The predicted octanol–water partition coefficient (Wildman–Crippen LogP) is 11.5. The van der Waals surface area contributed by atoms with Crippen molar-refractivity contribution in [2.75, 3.05) is 0 Å². The molecule has 0 fully saturated rings. The number of benzene rings is 7. The molecule has 7 aromatic carbocycles. The summed E-state index contributed by atoms with van der Waals surface area (Å²) in [5.74, 6) is 0. The van der Waals surface area contributed by atoms with Gasteiger partial charge < -0.3 is 4.57 Å². The molecule has 0 unspecified atom stereocenters. The third-order valence-electron chi connectivity index (χ3n) is 10.7. The van der Waals surface area contributed by atoms with E-state index in [1.807, 2.05) is 0 Å². The number of hydrogen-bond donors (Lipinski definition) is 0. The number of aromatic nitrogens is 4. The van der Waals surface area contributed by atoms with Gasteiger partial charge in [-0.2, -0.15) is 0 Å². The van der Waals surface area contributed by atoms with Gasteiger partial charge in [-0.05, 0) is 70.1 Å². The number of fused-ring (bicyclic) bond motifs is 15. The second-order valence-electron chi connectivity index (χ2n) is 13.1. The first-order valence-electron chi connectivity index (χ1n) is 16.8. The minimum atomic E-state index is 0.950. The third-order valence-corrected chi connectivity index (χ3v) is 10.7. The smallest absolute Gasteiger partial charge is 0.164 e. The van der Waals surface area contributed by atoms with E-state index in [9.17, 15) is 0 Å². The zero-order chi connectivity index (χ0) is 31.8. The lowest BCUT2D eigenvalue weighted by atomic mass is 10.0. The van der Waals surface area contributed by atoms with Crippen LogP contribution in [-0.4, -0.2) is 18.5 Å². The van der Waals surface area contributed by atoms with Gasteiger partial charge in [-0.25, -0.2) is 4.98 Å². The lowest BCUT2D eigenvalue weighted by molar-refractivity contribution is 1.11. The fourth-order valence-corrected chi connectivity index (χ4v) is 8.87. The Morgan fingerprint density at radius 2 is 0.980 bits per heavy atom. The number of pyridine rings is 1. The zero-order valence-electron chi connectivity index (χ0n) is 26.3. The van der Waals surface area contributed by atoms with Crippen molar-refractivity contribution in [3.8, 4) is 33.6 Å². The molecule has 0 bridgehead atoms. The maximum atomic E-state index is 5.47. The van der Waals surface area contributed by atoms with E-state index in [1.165, 1.54) is 71.3 Å². The van der Waals surface area contributed by atoms with Gasteiger partial charge in [0, 0.05) is 32.6 Å². The Balaban J connectivity index is 1.37. The minimum absolute atomic E-state index is 0.950. The molecule has 4 nitrogen and oxygen atoms in total. The average Bonchev–Trinajstić information content (AvgIpc) is 3.90. The van der Waals surface area contributed by atoms with Gasteiger partial charge in [0.05, 0.1) is 33.3 Å². The van der Waals surface area contributed by atoms with Gasteiger partial charge in [0.25, 0.3) is 0 Å². The first-order valence-corrected chi connectivity index (χ1v) is 16.8. The topological polar surface area (TPSA) is 27.2 Å². The molecule has 0 saturated heterocycles. The fourth-order valence-electron chi connectivity index (χ4n) is 8.87. The molecule has 4 heteroatoms. The molecule has 0 aliphatic heterocycles. The van der Waals surface area contributed by atoms with Crippen LogP contribution in [0.4, 0.5) is 0 Å². The Kier molecular flexibility index (Phi) is 4.69. The van der Waals surface area contributed by atoms with Crippen LogP contribution in [0.25, 0.3) is 105 Å². The Morgan fingerprint density at radius 3 is 1.78 bits per heavy atom. The third kappa shape index (κ3) is 3.07. The summed E-state index contributed by atoms with van der Waals surface area (Å²) >= 11 is 0. The Hall–Kier alpha value is -6.65. The number of para-hydroxylation sites is 5. The summed E-state index contributed by atoms with van der Waals surface area (Å²) in [4.78, 5) is 5.47. The number of imidazole rings is 1. The van der Waals surface area contributed by atoms with Crippen molar-refractivity contribution in [1.82, 2.24) is 18.5 Å². The number of nitrogens with zero attached hydrogens (tertiary/aromatic N) is 4. The summed E-state index contributed by atoms with van der Waals surface area (Å²) in [5.41, 5.74) is 15.1. The van der Waals surface area contributed by atoms with E-state index in [2.05, 4.69) is 171 Å². The molecule has 0 spiro atoms. The number of rotatable bonds is 2. The van der Waals surface area contributed by atoms with Gasteiger partial charge in [-0.1, -0.05) is 115 Å². The highest BCUT2D eigenvalue weighted by molar-refractivity contribution is 6.32. The van der Waals surface area contributed by atoms with Crippen LogP contribution in [0.2, 0.25) is 0 Å². The SMILES string of the molecule is c1ccc(-n2c3ccccc3c3c4c5ccccc5n(-c5ccc6c7c(cccc57)-c5ccccc5-6)c4c4nc5ccccc5n4c32)cc1. The van der Waals surface area contributed by atoms with Crippen LogP contribution in [0.5, 0.6) is 0 Å². The van der Waals surface area contributed by atoms with Crippen LogP contribution >= 0.6 is 0 Å². The molecule has 49 heavy (non-hydrogen) atoms. The van der Waals surface area contributed by atoms with Crippen LogP contribution < -0.4 is 0 Å². The highest BCUT2D eigenvalue weighted by Gasteiger charge is 2.28. The second kappa shape index (κ2) is 9.03. The van der Waals surface area contributed by atoms with E-state index in [0.29, 0.717) is 0 Å². The maximum absolute atomic E-state index is 5.47. The fraction of sp³-hybridized carbons (Fsp3) is 0. The van der Waals surface area contributed by atoms with Crippen molar-refractivity contribution in [2.45, 2.75) is 0 Å². The van der Waals surface area contributed by atoms with E-state index < -0.39 is 0 Å². The highest BCUT2D eigenvalue weighted by atomic mass is 15.2. The molecule has 4 heterocycles. The second-order valence-corrected chi connectivity index (χ2v) is 13.1. The van der Waals surface area contributed by atoms with Gasteiger partial charge in [-0.15, -0.1) is 0 Å². The van der Waals surface area contributed by atoms with Crippen LogP contribution in [-0.2, 0) is 0 Å². The van der Waals surface area contributed by atoms with Gasteiger partial charge in [0.15, 0.2) is 5.65 Å². The summed E-state index contributed by atoms with van der Waals surface area (Å²) in [7, 11) is 0. The molecule has 0 atom stereocenters. The first-order chi connectivity index (χ1) is 24.4. The summed E-state index contributed by atoms with van der Waals surface area (Å²) < 4.78 is 7.32. The summed E-state index contributed by atoms with van der Waals surface area (Å²) in [5, 5.41) is 7.47. The van der Waals surface area contributed by atoms with E-state index in [0.717, 1.165) is 33.5 Å². The van der Waals surface area contributed by atoms with E-state index in [1.54, 1.807) is 0 Å². The lowest BCUT2D eigenvalue weighted by Gasteiger charge is -2.15.